The summed E-state index contributed by atoms with van der Waals surface area (Å²) in [6.45, 7) is 8.30. The van der Waals surface area contributed by atoms with Gasteiger partial charge in [0.1, 0.15) is 11.4 Å². The van der Waals surface area contributed by atoms with Crippen molar-refractivity contribution in [3.8, 4) is 5.75 Å². The number of ether oxygens (including phenoxy) is 1. The van der Waals surface area contributed by atoms with E-state index in [2.05, 4.69) is 71.7 Å². The molecule has 0 N–H and O–H groups in total. The zero-order chi connectivity index (χ0) is 12.1. The highest BCUT2D eigenvalue weighted by Gasteiger charge is 2.33. The zero-order valence-corrected chi connectivity index (χ0v) is 13.0. The van der Waals surface area contributed by atoms with Crippen molar-refractivity contribution in [1.82, 2.24) is 0 Å². The number of aryl methyl sites for hydroxylation is 2. The van der Waals surface area contributed by atoms with E-state index in [-0.39, 0.29) is 5.60 Å². The second kappa shape index (κ2) is 3.88. The summed E-state index contributed by atoms with van der Waals surface area (Å²) in [4.78, 5) is 0. The Bertz CT molecular complexity index is 487. The van der Waals surface area contributed by atoms with Crippen LogP contribution in [0.5, 0.6) is 5.75 Å². The summed E-state index contributed by atoms with van der Waals surface area (Å²) in [6, 6.07) is 4.29. The first kappa shape index (κ1) is 12.2. The molecule has 0 bridgehead atoms. The summed E-state index contributed by atoms with van der Waals surface area (Å²) in [5.41, 5.74) is 3.24. The fourth-order valence-electron chi connectivity index (χ4n) is 1.94. The molecule has 3 heteroatoms. The SMILES string of the molecule is Cc1cc(C)c2c(c1)C(Br)=C(Br)C(C)(C)O2. The molecule has 0 unspecified atom stereocenters. The van der Waals surface area contributed by atoms with Crippen LogP contribution in [0.1, 0.15) is 30.5 Å². The highest BCUT2D eigenvalue weighted by Crippen LogP contribution is 2.47. The van der Waals surface area contributed by atoms with Gasteiger partial charge in [-0.2, -0.15) is 0 Å². The smallest absolute Gasteiger partial charge is 0.136 e. The summed E-state index contributed by atoms with van der Waals surface area (Å²) < 4.78 is 8.19. The summed E-state index contributed by atoms with van der Waals surface area (Å²) >= 11 is 7.25. The first-order valence-electron chi connectivity index (χ1n) is 5.19. The molecule has 86 valence electrons. The van der Waals surface area contributed by atoms with Gasteiger partial charge in [0, 0.05) is 10.0 Å². The standard InChI is InChI=1S/C13H14Br2O/c1-7-5-8(2)11-9(6-7)10(14)12(15)13(3,4)16-11/h5-6H,1-4H3. The lowest BCUT2D eigenvalue weighted by molar-refractivity contribution is 0.154. The second-order valence-electron chi connectivity index (χ2n) is 4.70. The van der Waals surface area contributed by atoms with Crippen LogP contribution in [-0.2, 0) is 0 Å². The van der Waals surface area contributed by atoms with Gasteiger partial charge in [0.25, 0.3) is 0 Å². The maximum absolute atomic E-state index is 6.05. The van der Waals surface area contributed by atoms with E-state index in [0.717, 1.165) is 20.3 Å². The molecule has 1 heterocycles. The number of rotatable bonds is 0. The van der Waals surface area contributed by atoms with Gasteiger partial charge in [-0.15, -0.1) is 0 Å². The average Bonchev–Trinajstić information content (AvgIpc) is 2.17. The van der Waals surface area contributed by atoms with Crippen LogP contribution in [0, 0.1) is 13.8 Å². The summed E-state index contributed by atoms with van der Waals surface area (Å²) in [6.07, 6.45) is 0. The van der Waals surface area contributed by atoms with E-state index in [1.807, 2.05) is 0 Å². The van der Waals surface area contributed by atoms with Crippen molar-refractivity contribution in [2.45, 2.75) is 33.3 Å². The molecule has 2 rings (SSSR count). The quantitative estimate of drug-likeness (QED) is 0.647. The normalized spacial score (nSPS) is 18.1. The zero-order valence-electron chi connectivity index (χ0n) is 9.82. The van der Waals surface area contributed by atoms with Crippen LogP contribution >= 0.6 is 31.9 Å². The Morgan fingerprint density at radius 2 is 1.75 bits per heavy atom. The average molecular weight is 346 g/mol. The third-order valence-electron chi connectivity index (χ3n) is 2.73. The Hall–Kier alpha value is -0.280. The Morgan fingerprint density at radius 1 is 1.12 bits per heavy atom. The van der Waals surface area contributed by atoms with Gasteiger partial charge < -0.3 is 4.74 Å². The molecule has 1 aliphatic rings. The molecule has 0 radical (unpaired) electrons. The molecule has 0 spiro atoms. The minimum absolute atomic E-state index is 0.314. The van der Waals surface area contributed by atoms with E-state index in [1.54, 1.807) is 0 Å². The number of hydrogen-bond donors (Lipinski definition) is 0. The monoisotopic (exact) mass is 344 g/mol. The van der Waals surface area contributed by atoms with Crippen molar-refractivity contribution < 1.29 is 4.74 Å². The maximum atomic E-state index is 6.05. The molecule has 1 aliphatic heterocycles. The van der Waals surface area contributed by atoms with E-state index in [9.17, 15) is 0 Å². The van der Waals surface area contributed by atoms with E-state index >= 15 is 0 Å². The van der Waals surface area contributed by atoms with Crippen molar-refractivity contribution in [3.63, 3.8) is 0 Å². The lowest BCUT2D eigenvalue weighted by atomic mass is 9.98. The molecule has 0 aromatic heterocycles. The highest BCUT2D eigenvalue weighted by atomic mass is 79.9. The third kappa shape index (κ3) is 1.84. The highest BCUT2D eigenvalue weighted by molar-refractivity contribution is 9.16. The Kier molecular flexibility index (Phi) is 2.96. The third-order valence-corrected chi connectivity index (χ3v) is 5.44. The van der Waals surface area contributed by atoms with Gasteiger partial charge in [0.15, 0.2) is 0 Å². The number of benzene rings is 1. The van der Waals surface area contributed by atoms with Gasteiger partial charge in [-0.25, -0.2) is 0 Å². The van der Waals surface area contributed by atoms with Crippen molar-refractivity contribution in [2.24, 2.45) is 0 Å². The van der Waals surface area contributed by atoms with Crippen molar-refractivity contribution in [3.05, 3.63) is 33.3 Å². The minimum Gasteiger partial charge on any atom is -0.482 e. The summed E-state index contributed by atoms with van der Waals surface area (Å²) in [5.74, 6) is 0.977. The molecule has 1 aromatic carbocycles. The molecular weight excluding hydrogens is 332 g/mol. The number of hydrogen-bond acceptors (Lipinski definition) is 1. The van der Waals surface area contributed by atoms with Gasteiger partial charge in [-0.05, 0) is 60.8 Å². The minimum atomic E-state index is -0.314. The van der Waals surface area contributed by atoms with Crippen LogP contribution < -0.4 is 4.74 Å². The largest absolute Gasteiger partial charge is 0.482 e. The maximum Gasteiger partial charge on any atom is 0.136 e. The van der Waals surface area contributed by atoms with Gasteiger partial charge in [-0.1, -0.05) is 22.0 Å². The van der Waals surface area contributed by atoms with Crippen LogP contribution in [0.25, 0.3) is 4.48 Å². The van der Waals surface area contributed by atoms with Crippen LogP contribution in [0.3, 0.4) is 0 Å². The van der Waals surface area contributed by atoms with E-state index in [4.69, 9.17) is 4.74 Å². The molecule has 0 fully saturated rings. The molecule has 0 saturated carbocycles. The van der Waals surface area contributed by atoms with Crippen LogP contribution in [0.15, 0.2) is 16.6 Å². The first-order chi connectivity index (χ1) is 7.33. The molecular formula is C13H14Br2O. The predicted molar refractivity (Wildman–Crippen MR) is 75.4 cm³/mol. The molecule has 1 nitrogen and oxygen atoms in total. The van der Waals surface area contributed by atoms with E-state index in [1.165, 1.54) is 11.1 Å². The Balaban J connectivity index is 2.73. The number of halogens is 2. The molecule has 1 aromatic rings. The molecule has 0 saturated heterocycles. The Labute approximate surface area is 113 Å². The fraction of sp³-hybridized carbons (Fsp3) is 0.385. The van der Waals surface area contributed by atoms with Gasteiger partial charge in [0.05, 0.1) is 4.48 Å². The second-order valence-corrected chi connectivity index (χ2v) is 6.28. The molecule has 0 atom stereocenters. The number of fused-ring (bicyclic) bond motifs is 1. The lowest BCUT2D eigenvalue weighted by Gasteiger charge is -2.34. The van der Waals surface area contributed by atoms with E-state index in [0.29, 0.717) is 0 Å². The topological polar surface area (TPSA) is 9.23 Å². The molecule has 16 heavy (non-hydrogen) atoms. The van der Waals surface area contributed by atoms with Gasteiger partial charge >= 0.3 is 0 Å². The van der Waals surface area contributed by atoms with Crippen molar-refractivity contribution in [1.29, 1.82) is 0 Å². The molecule has 0 aliphatic carbocycles. The molecule has 0 amide bonds. The predicted octanol–water partition coefficient (Wildman–Crippen LogP) is 4.93. The van der Waals surface area contributed by atoms with Crippen LogP contribution in [0.4, 0.5) is 0 Å². The first-order valence-corrected chi connectivity index (χ1v) is 6.78. The van der Waals surface area contributed by atoms with Crippen molar-refractivity contribution in [2.75, 3.05) is 0 Å². The fourth-order valence-corrected chi connectivity index (χ4v) is 3.00. The van der Waals surface area contributed by atoms with Crippen LogP contribution in [-0.4, -0.2) is 5.60 Å². The Morgan fingerprint density at radius 3 is 2.38 bits per heavy atom. The van der Waals surface area contributed by atoms with Gasteiger partial charge in [-0.3, -0.25) is 0 Å². The van der Waals surface area contributed by atoms with Crippen molar-refractivity contribution >= 4 is 36.3 Å². The van der Waals surface area contributed by atoms with E-state index < -0.39 is 0 Å². The summed E-state index contributed by atoms with van der Waals surface area (Å²) in [5, 5.41) is 0. The van der Waals surface area contributed by atoms with Crippen LogP contribution in [0.2, 0.25) is 0 Å². The van der Waals surface area contributed by atoms with Gasteiger partial charge in [0.2, 0.25) is 0 Å². The summed E-state index contributed by atoms with van der Waals surface area (Å²) in [7, 11) is 0. The lowest BCUT2D eigenvalue weighted by Crippen LogP contribution is -2.32.